The van der Waals surface area contributed by atoms with Gasteiger partial charge in [-0.25, -0.2) is 9.18 Å². The van der Waals surface area contributed by atoms with E-state index in [2.05, 4.69) is 5.32 Å². The Balaban J connectivity index is 1.35. The Morgan fingerprint density at radius 1 is 0.951 bits per heavy atom. The predicted molar refractivity (Wildman–Crippen MR) is 149 cm³/mol. The number of nitrogens with one attached hydrogen (secondary N) is 1. The Kier molecular flexibility index (Phi) is 7.50. The fourth-order valence-corrected chi connectivity index (χ4v) is 5.05. The van der Waals surface area contributed by atoms with E-state index < -0.39 is 42.0 Å². The van der Waals surface area contributed by atoms with Crippen LogP contribution in [0.15, 0.2) is 72.2 Å². The number of carbonyl (C=O) groups excluding carboxylic acids is 1. The van der Waals surface area contributed by atoms with Gasteiger partial charge in [0.05, 0.1) is 16.8 Å². The third-order valence-corrected chi connectivity index (χ3v) is 8.00. The monoisotopic (exact) mass is 567 g/mol. The molecule has 3 aromatic rings. The van der Waals surface area contributed by atoms with Gasteiger partial charge in [0, 0.05) is 18.0 Å². The minimum absolute atomic E-state index is 0.0810. The zero-order valence-electron chi connectivity index (χ0n) is 23.1. The molecule has 214 valence electrons. The Labute approximate surface area is 236 Å². The van der Waals surface area contributed by atoms with E-state index in [4.69, 9.17) is 14.0 Å². The van der Waals surface area contributed by atoms with Crippen molar-refractivity contribution in [2.24, 2.45) is 0 Å². The van der Waals surface area contributed by atoms with Crippen molar-refractivity contribution < 1.29 is 36.4 Å². The maximum atomic E-state index is 14.6. The molecule has 0 saturated carbocycles. The normalized spacial score (nSPS) is 17.8. The summed E-state index contributed by atoms with van der Waals surface area (Å²) in [6, 6.07) is 18.0. The van der Waals surface area contributed by atoms with Crippen molar-refractivity contribution in [3.8, 4) is 11.1 Å². The molecule has 1 saturated heterocycles. The van der Waals surface area contributed by atoms with E-state index in [1.54, 1.807) is 0 Å². The standard InChI is InChI=1S/C31H30BF4NO4/c1-29(2)30(3,4)41-32(40-29)21(16-19-15-20(31(34,35)36)13-14-27(19)33)17-37-28(38)39-18-26-24-11-7-5-9-22(24)23-10-6-8-12-25(23)26/h5-16,26H,17-18H2,1-4H3,(H,37,38). The molecule has 0 unspecified atom stereocenters. The Morgan fingerprint density at radius 2 is 1.51 bits per heavy atom. The molecule has 1 N–H and O–H groups in total. The maximum absolute atomic E-state index is 14.6. The average Bonchev–Trinajstić information content (AvgIpc) is 3.34. The number of benzene rings is 3. The number of halogens is 4. The molecule has 0 atom stereocenters. The number of ether oxygens (including phenoxy) is 1. The first-order valence-corrected chi connectivity index (χ1v) is 13.3. The Bertz CT molecular complexity index is 1440. The molecule has 1 fully saturated rings. The van der Waals surface area contributed by atoms with E-state index >= 15 is 0 Å². The van der Waals surface area contributed by atoms with Gasteiger partial charge in [-0.05, 0) is 73.6 Å². The molecule has 2 aliphatic rings. The van der Waals surface area contributed by atoms with Crippen molar-refractivity contribution in [1.29, 1.82) is 0 Å². The summed E-state index contributed by atoms with van der Waals surface area (Å²) >= 11 is 0. The summed E-state index contributed by atoms with van der Waals surface area (Å²) in [6.45, 7) is 7.13. The predicted octanol–water partition coefficient (Wildman–Crippen LogP) is 7.40. The highest BCUT2D eigenvalue weighted by molar-refractivity contribution is 6.56. The number of fused-ring (bicyclic) bond motifs is 3. The topological polar surface area (TPSA) is 56.8 Å². The fourth-order valence-electron chi connectivity index (χ4n) is 5.05. The van der Waals surface area contributed by atoms with Crippen LogP contribution in [0.25, 0.3) is 17.2 Å². The number of hydrogen-bond donors (Lipinski definition) is 1. The van der Waals surface area contributed by atoms with Gasteiger partial charge in [0.25, 0.3) is 0 Å². The lowest BCUT2D eigenvalue weighted by molar-refractivity contribution is -0.137. The lowest BCUT2D eigenvalue weighted by atomic mass is 9.77. The van der Waals surface area contributed by atoms with Crippen molar-refractivity contribution in [2.45, 2.75) is 51.0 Å². The summed E-state index contributed by atoms with van der Waals surface area (Å²) in [5.74, 6) is -1.00. The van der Waals surface area contributed by atoms with Gasteiger partial charge in [-0.1, -0.05) is 54.6 Å². The zero-order valence-corrected chi connectivity index (χ0v) is 23.1. The first kappa shape index (κ1) is 28.9. The zero-order chi connectivity index (χ0) is 29.6. The molecule has 0 aromatic heterocycles. The number of amides is 1. The van der Waals surface area contributed by atoms with Crippen molar-refractivity contribution in [2.75, 3.05) is 13.2 Å². The van der Waals surface area contributed by atoms with E-state index in [1.807, 2.05) is 76.2 Å². The quantitative estimate of drug-likeness (QED) is 0.249. The average molecular weight is 567 g/mol. The van der Waals surface area contributed by atoms with Crippen molar-refractivity contribution in [3.63, 3.8) is 0 Å². The van der Waals surface area contributed by atoms with Crippen LogP contribution < -0.4 is 5.32 Å². The van der Waals surface area contributed by atoms with Crippen LogP contribution in [0.1, 0.15) is 55.9 Å². The molecule has 0 spiro atoms. The van der Waals surface area contributed by atoms with Crippen LogP contribution in [-0.2, 0) is 20.2 Å². The lowest BCUT2D eigenvalue weighted by Crippen LogP contribution is -2.41. The smallest absolute Gasteiger partial charge is 0.449 e. The van der Waals surface area contributed by atoms with Crippen LogP contribution in [0.2, 0.25) is 0 Å². The van der Waals surface area contributed by atoms with Crippen LogP contribution in [0, 0.1) is 5.82 Å². The van der Waals surface area contributed by atoms with E-state index in [9.17, 15) is 22.4 Å². The number of alkyl carbamates (subject to hydrolysis) is 1. The van der Waals surface area contributed by atoms with Crippen LogP contribution in [0.5, 0.6) is 0 Å². The number of alkyl halides is 3. The summed E-state index contributed by atoms with van der Waals surface area (Å²) in [5.41, 5.74) is 1.67. The first-order valence-electron chi connectivity index (χ1n) is 13.3. The first-order chi connectivity index (χ1) is 19.3. The summed E-state index contributed by atoms with van der Waals surface area (Å²) in [6.07, 6.45) is -4.17. The molecule has 5 rings (SSSR count). The van der Waals surface area contributed by atoms with Crippen LogP contribution >= 0.6 is 0 Å². The molecule has 1 aliphatic carbocycles. The minimum Gasteiger partial charge on any atom is -0.449 e. The largest absolute Gasteiger partial charge is 0.492 e. The molecule has 10 heteroatoms. The number of rotatable bonds is 6. The van der Waals surface area contributed by atoms with E-state index in [0.717, 1.165) is 28.3 Å². The van der Waals surface area contributed by atoms with Gasteiger partial charge in [-0.2, -0.15) is 13.2 Å². The van der Waals surface area contributed by atoms with Crippen LogP contribution in [0.3, 0.4) is 0 Å². The van der Waals surface area contributed by atoms with Gasteiger partial charge < -0.3 is 19.4 Å². The van der Waals surface area contributed by atoms with Gasteiger partial charge in [0.15, 0.2) is 0 Å². The van der Waals surface area contributed by atoms with Crippen LogP contribution in [0.4, 0.5) is 22.4 Å². The second-order valence-electron chi connectivity index (χ2n) is 11.2. The second kappa shape index (κ2) is 10.7. The second-order valence-corrected chi connectivity index (χ2v) is 11.2. The summed E-state index contributed by atoms with van der Waals surface area (Å²) in [5, 5.41) is 2.64. The summed E-state index contributed by atoms with van der Waals surface area (Å²) < 4.78 is 72.3. The molecule has 1 heterocycles. The Hall–Kier alpha value is -3.63. The van der Waals surface area contributed by atoms with E-state index in [1.165, 1.54) is 6.08 Å². The highest BCUT2D eigenvalue weighted by atomic mass is 19.4. The van der Waals surface area contributed by atoms with E-state index in [-0.39, 0.29) is 30.1 Å². The van der Waals surface area contributed by atoms with Crippen molar-refractivity contribution in [1.82, 2.24) is 5.32 Å². The highest BCUT2D eigenvalue weighted by Gasteiger charge is 2.52. The molecular formula is C31H30BF4NO4. The SMILES string of the molecule is CC1(C)OB(C(=Cc2cc(C(F)(F)F)ccc2F)CNC(=O)OCC2c3ccccc3-c3ccccc32)OC1(C)C. The molecule has 41 heavy (non-hydrogen) atoms. The number of hydrogen-bond acceptors (Lipinski definition) is 4. The fraction of sp³-hybridized carbons (Fsp3) is 0.323. The number of carbonyl (C=O) groups is 1. The minimum atomic E-state index is -4.65. The molecule has 1 aliphatic heterocycles. The highest BCUT2D eigenvalue weighted by Crippen LogP contribution is 2.44. The summed E-state index contributed by atoms with van der Waals surface area (Å²) in [7, 11) is -1.04. The van der Waals surface area contributed by atoms with E-state index in [0.29, 0.717) is 12.1 Å². The molecule has 3 aromatic carbocycles. The van der Waals surface area contributed by atoms with Gasteiger partial charge in [-0.3, -0.25) is 0 Å². The molecule has 1 amide bonds. The lowest BCUT2D eigenvalue weighted by Gasteiger charge is -2.32. The van der Waals surface area contributed by atoms with Crippen LogP contribution in [-0.4, -0.2) is 37.6 Å². The third kappa shape index (κ3) is 5.76. The molecule has 0 bridgehead atoms. The van der Waals surface area contributed by atoms with Gasteiger partial charge in [0.1, 0.15) is 12.4 Å². The van der Waals surface area contributed by atoms with Crippen molar-refractivity contribution >= 4 is 19.3 Å². The maximum Gasteiger partial charge on any atom is 0.492 e. The molecular weight excluding hydrogens is 537 g/mol. The summed E-state index contributed by atoms with van der Waals surface area (Å²) in [4.78, 5) is 12.8. The Morgan fingerprint density at radius 3 is 2.07 bits per heavy atom. The van der Waals surface area contributed by atoms with Crippen molar-refractivity contribution in [3.05, 3.63) is 100 Å². The van der Waals surface area contributed by atoms with Gasteiger partial charge >= 0.3 is 19.4 Å². The third-order valence-electron chi connectivity index (χ3n) is 8.00. The molecule has 5 nitrogen and oxygen atoms in total. The molecule has 0 radical (unpaired) electrons. The van der Waals surface area contributed by atoms with Gasteiger partial charge in [0.2, 0.25) is 0 Å². The van der Waals surface area contributed by atoms with Gasteiger partial charge in [-0.15, -0.1) is 0 Å².